The molecule has 1 heterocycles. The molecule has 28 heavy (non-hydrogen) atoms. The molecular weight excluding hydrogens is 388 g/mol. The molecule has 0 bridgehead atoms. The number of benzene rings is 2. The Hall–Kier alpha value is -3.53. The summed E-state index contributed by atoms with van der Waals surface area (Å²) >= 11 is 0.693. The summed E-state index contributed by atoms with van der Waals surface area (Å²) in [5, 5.41) is 28.9. The summed E-state index contributed by atoms with van der Waals surface area (Å²) in [6.45, 7) is 0. The van der Waals surface area contributed by atoms with E-state index in [0.29, 0.717) is 11.8 Å². The van der Waals surface area contributed by atoms with Gasteiger partial charge in [0.1, 0.15) is 22.3 Å². The van der Waals surface area contributed by atoms with Crippen LogP contribution in [-0.4, -0.2) is 43.6 Å². The van der Waals surface area contributed by atoms with Crippen molar-refractivity contribution in [3.8, 4) is 11.5 Å². The molecule has 2 aromatic carbocycles. The first-order valence-corrected chi connectivity index (χ1v) is 8.84. The van der Waals surface area contributed by atoms with Gasteiger partial charge in [0.2, 0.25) is 11.8 Å². The summed E-state index contributed by atoms with van der Waals surface area (Å²) in [6.07, 6.45) is -0.312. The largest absolute Gasteiger partial charge is 0.508 e. The second-order valence-electron chi connectivity index (χ2n) is 5.86. The van der Waals surface area contributed by atoms with Crippen molar-refractivity contribution in [2.75, 3.05) is 10.2 Å². The van der Waals surface area contributed by atoms with Gasteiger partial charge in [-0.1, -0.05) is 6.07 Å². The Balaban J connectivity index is 1.70. The van der Waals surface area contributed by atoms with Crippen LogP contribution in [0, 0.1) is 0 Å². The second kappa shape index (κ2) is 7.61. The fourth-order valence-corrected chi connectivity index (χ4v) is 3.60. The van der Waals surface area contributed by atoms with Crippen molar-refractivity contribution in [1.82, 2.24) is 0 Å². The van der Waals surface area contributed by atoms with Crippen LogP contribution in [0.1, 0.15) is 16.8 Å². The number of carbonyl (C=O) groups excluding carboxylic acids is 3. The van der Waals surface area contributed by atoms with Crippen molar-refractivity contribution in [2.45, 2.75) is 11.7 Å². The van der Waals surface area contributed by atoms with E-state index in [1.807, 2.05) is 0 Å². The van der Waals surface area contributed by atoms with Gasteiger partial charge in [0.15, 0.2) is 0 Å². The van der Waals surface area contributed by atoms with E-state index in [-0.39, 0.29) is 29.1 Å². The predicted octanol–water partition coefficient (Wildman–Crippen LogP) is 2.39. The molecule has 1 atom stereocenters. The quantitative estimate of drug-likeness (QED) is 0.558. The highest BCUT2D eigenvalue weighted by molar-refractivity contribution is 8.15. The number of phenolic OH excluding ortho intramolecular Hbond substituents is 1. The van der Waals surface area contributed by atoms with Gasteiger partial charge in [0.05, 0.1) is 5.69 Å². The molecule has 0 saturated carbocycles. The van der Waals surface area contributed by atoms with Gasteiger partial charge >= 0.3 is 5.97 Å². The molecule has 3 amide bonds. The third kappa shape index (κ3) is 3.91. The van der Waals surface area contributed by atoms with Gasteiger partial charge in [0.25, 0.3) is 5.24 Å². The number of hydrogen-bond acceptors (Lipinski definition) is 7. The number of amides is 3. The summed E-state index contributed by atoms with van der Waals surface area (Å²) in [5.41, 5.74) is -0.0452. The smallest absolute Gasteiger partial charge is 0.339 e. The minimum atomic E-state index is -1.36. The molecule has 144 valence electrons. The zero-order chi connectivity index (χ0) is 20.4. The number of carbonyl (C=O) groups is 4. The number of carboxylic acids is 1. The van der Waals surface area contributed by atoms with Crippen LogP contribution in [0.2, 0.25) is 0 Å². The maximum atomic E-state index is 12.5. The summed E-state index contributed by atoms with van der Waals surface area (Å²) in [6, 6.07) is 9.17. The minimum absolute atomic E-state index is 0.106. The van der Waals surface area contributed by atoms with E-state index in [1.54, 1.807) is 0 Å². The number of aromatic carboxylic acids is 1. The molecule has 1 aliphatic heterocycles. The SMILES string of the molecule is O=C(CC1SC(=O)N(c2cccc(O)c2)C1=O)Nc1ccc(O)c(C(=O)O)c1. The number of nitrogens with zero attached hydrogens (tertiary/aromatic N) is 1. The average Bonchev–Trinajstić information content (AvgIpc) is 2.89. The van der Waals surface area contributed by atoms with Crippen molar-refractivity contribution >= 4 is 46.2 Å². The Bertz CT molecular complexity index is 992. The van der Waals surface area contributed by atoms with E-state index in [9.17, 15) is 29.4 Å². The fraction of sp³-hybridized carbons (Fsp3) is 0.111. The fourth-order valence-electron chi connectivity index (χ4n) is 2.62. The zero-order valence-electron chi connectivity index (χ0n) is 14.2. The van der Waals surface area contributed by atoms with E-state index in [0.717, 1.165) is 17.0 Å². The number of thioether (sulfide) groups is 1. The molecule has 3 rings (SSSR count). The molecule has 1 saturated heterocycles. The highest BCUT2D eigenvalue weighted by atomic mass is 32.2. The molecule has 1 unspecified atom stereocenters. The Morgan fingerprint density at radius 3 is 2.54 bits per heavy atom. The number of nitrogens with one attached hydrogen (secondary N) is 1. The van der Waals surface area contributed by atoms with Crippen molar-refractivity contribution < 1.29 is 34.5 Å². The van der Waals surface area contributed by atoms with Crippen molar-refractivity contribution in [2.24, 2.45) is 0 Å². The average molecular weight is 402 g/mol. The molecular formula is C18H14N2O7S. The van der Waals surface area contributed by atoms with Crippen LogP contribution in [0.15, 0.2) is 42.5 Å². The molecule has 2 aromatic rings. The number of hydrogen-bond donors (Lipinski definition) is 4. The monoisotopic (exact) mass is 402 g/mol. The first-order valence-electron chi connectivity index (χ1n) is 7.96. The number of phenols is 2. The number of carboxylic acid groups (broad SMARTS) is 1. The van der Waals surface area contributed by atoms with Gasteiger partial charge in [-0.05, 0) is 42.1 Å². The third-order valence-electron chi connectivity index (χ3n) is 3.89. The van der Waals surface area contributed by atoms with Gasteiger partial charge < -0.3 is 20.6 Å². The third-order valence-corrected chi connectivity index (χ3v) is 4.93. The second-order valence-corrected chi connectivity index (χ2v) is 7.01. The molecule has 1 fully saturated rings. The van der Waals surface area contributed by atoms with Crippen LogP contribution in [0.25, 0.3) is 0 Å². The lowest BCUT2D eigenvalue weighted by Gasteiger charge is -2.14. The van der Waals surface area contributed by atoms with Crippen molar-refractivity contribution in [3.63, 3.8) is 0 Å². The molecule has 0 radical (unpaired) electrons. The highest BCUT2D eigenvalue weighted by Crippen LogP contribution is 2.34. The lowest BCUT2D eigenvalue weighted by Crippen LogP contribution is -2.32. The maximum Gasteiger partial charge on any atom is 0.339 e. The number of aromatic hydroxyl groups is 2. The summed E-state index contributed by atoms with van der Waals surface area (Å²) < 4.78 is 0. The van der Waals surface area contributed by atoms with Crippen LogP contribution >= 0.6 is 11.8 Å². The van der Waals surface area contributed by atoms with E-state index in [4.69, 9.17) is 5.11 Å². The molecule has 0 aliphatic carbocycles. The van der Waals surface area contributed by atoms with Gasteiger partial charge in [-0.25, -0.2) is 9.69 Å². The number of anilines is 2. The van der Waals surface area contributed by atoms with E-state index in [1.165, 1.54) is 30.3 Å². The summed E-state index contributed by atoms with van der Waals surface area (Å²) in [4.78, 5) is 48.8. The van der Waals surface area contributed by atoms with Crippen molar-refractivity contribution in [3.05, 3.63) is 48.0 Å². The normalized spacial score (nSPS) is 16.3. The molecule has 0 aromatic heterocycles. The lowest BCUT2D eigenvalue weighted by atomic mass is 10.1. The summed E-state index contributed by atoms with van der Waals surface area (Å²) in [7, 11) is 0. The predicted molar refractivity (Wildman–Crippen MR) is 101 cm³/mol. The number of imide groups is 1. The van der Waals surface area contributed by atoms with E-state index >= 15 is 0 Å². The van der Waals surface area contributed by atoms with Gasteiger partial charge in [-0.15, -0.1) is 0 Å². The van der Waals surface area contributed by atoms with Gasteiger partial charge in [-0.3, -0.25) is 14.4 Å². The molecule has 9 nitrogen and oxygen atoms in total. The standard InChI is InChI=1S/C18H14N2O7S/c21-11-3-1-2-10(7-11)20-16(24)14(28-18(20)27)8-15(23)19-9-4-5-13(22)12(6-9)17(25)26/h1-7,14,21-22H,8H2,(H,19,23)(H,25,26). The molecule has 0 spiro atoms. The summed E-state index contributed by atoms with van der Waals surface area (Å²) in [5.74, 6) is -3.10. The first-order chi connectivity index (χ1) is 13.3. The first kappa shape index (κ1) is 19.2. The topological polar surface area (TPSA) is 144 Å². The molecule has 1 aliphatic rings. The van der Waals surface area contributed by atoms with Crippen LogP contribution in [0.3, 0.4) is 0 Å². The number of rotatable bonds is 5. The Labute approximate surface area is 162 Å². The van der Waals surface area contributed by atoms with Crippen LogP contribution in [0.5, 0.6) is 11.5 Å². The Kier molecular flexibility index (Phi) is 5.23. The molecule has 4 N–H and O–H groups in total. The van der Waals surface area contributed by atoms with Crippen LogP contribution in [-0.2, 0) is 9.59 Å². The van der Waals surface area contributed by atoms with Crippen LogP contribution in [0.4, 0.5) is 16.2 Å². The molecule has 10 heteroatoms. The van der Waals surface area contributed by atoms with E-state index in [2.05, 4.69) is 5.32 Å². The lowest BCUT2D eigenvalue weighted by molar-refractivity contribution is -0.121. The minimum Gasteiger partial charge on any atom is -0.508 e. The Morgan fingerprint density at radius 1 is 1.11 bits per heavy atom. The maximum absolute atomic E-state index is 12.5. The van der Waals surface area contributed by atoms with Gasteiger partial charge in [0, 0.05) is 18.2 Å². The van der Waals surface area contributed by atoms with E-state index < -0.39 is 34.0 Å². The highest BCUT2D eigenvalue weighted by Gasteiger charge is 2.41. The van der Waals surface area contributed by atoms with Crippen molar-refractivity contribution in [1.29, 1.82) is 0 Å². The van der Waals surface area contributed by atoms with Crippen LogP contribution < -0.4 is 10.2 Å². The van der Waals surface area contributed by atoms with Gasteiger partial charge in [-0.2, -0.15) is 0 Å². The zero-order valence-corrected chi connectivity index (χ0v) is 15.0. The Morgan fingerprint density at radius 2 is 1.86 bits per heavy atom.